The molecule has 0 spiro atoms. The van der Waals surface area contributed by atoms with Crippen LogP contribution in [0, 0.1) is 11.8 Å². The summed E-state index contributed by atoms with van der Waals surface area (Å²) in [6.45, 7) is 4.19. The Balaban J connectivity index is 1.69. The van der Waals surface area contributed by atoms with Crippen LogP contribution in [-0.2, 0) is 0 Å². The molecule has 2 fully saturated rings. The van der Waals surface area contributed by atoms with Crippen molar-refractivity contribution in [1.29, 1.82) is 0 Å². The zero-order chi connectivity index (χ0) is 10.0. The van der Waals surface area contributed by atoms with Crippen LogP contribution < -0.4 is 5.32 Å². The SMILES string of the molecule is CC1CCCC(O)(CNCC2CC2)C1. The van der Waals surface area contributed by atoms with Crippen LogP contribution in [0.25, 0.3) is 0 Å². The van der Waals surface area contributed by atoms with Gasteiger partial charge in [0.2, 0.25) is 0 Å². The maximum atomic E-state index is 10.3. The van der Waals surface area contributed by atoms with Gasteiger partial charge in [-0.15, -0.1) is 0 Å². The minimum atomic E-state index is -0.396. The Morgan fingerprint density at radius 1 is 1.36 bits per heavy atom. The van der Waals surface area contributed by atoms with Crippen LogP contribution in [0.4, 0.5) is 0 Å². The Bertz CT molecular complexity index is 191. The molecule has 0 saturated heterocycles. The van der Waals surface area contributed by atoms with Crippen molar-refractivity contribution in [3.8, 4) is 0 Å². The van der Waals surface area contributed by atoms with Crippen molar-refractivity contribution < 1.29 is 5.11 Å². The van der Waals surface area contributed by atoms with Crippen LogP contribution in [0.15, 0.2) is 0 Å². The van der Waals surface area contributed by atoms with E-state index in [1.54, 1.807) is 0 Å². The second kappa shape index (κ2) is 4.19. The second-order valence-electron chi connectivity index (χ2n) is 5.50. The molecule has 14 heavy (non-hydrogen) atoms. The van der Waals surface area contributed by atoms with E-state index in [2.05, 4.69) is 12.2 Å². The normalized spacial score (nSPS) is 38.6. The van der Waals surface area contributed by atoms with Gasteiger partial charge in [-0.1, -0.05) is 19.8 Å². The maximum absolute atomic E-state index is 10.3. The number of hydrogen-bond acceptors (Lipinski definition) is 2. The molecular formula is C12H23NO. The molecule has 0 aromatic rings. The topological polar surface area (TPSA) is 32.3 Å². The summed E-state index contributed by atoms with van der Waals surface area (Å²) in [4.78, 5) is 0. The molecule has 2 aliphatic carbocycles. The fourth-order valence-corrected chi connectivity index (χ4v) is 2.62. The third-order valence-electron chi connectivity index (χ3n) is 3.65. The van der Waals surface area contributed by atoms with Gasteiger partial charge in [0.1, 0.15) is 0 Å². The van der Waals surface area contributed by atoms with Gasteiger partial charge in [0, 0.05) is 6.54 Å². The first-order chi connectivity index (χ1) is 6.68. The Labute approximate surface area is 87.1 Å². The summed E-state index contributed by atoms with van der Waals surface area (Å²) in [7, 11) is 0. The first-order valence-electron chi connectivity index (χ1n) is 6.11. The highest BCUT2D eigenvalue weighted by Crippen LogP contribution is 2.32. The van der Waals surface area contributed by atoms with Gasteiger partial charge in [-0.05, 0) is 44.1 Å². The lowest BCUT2D eigenvalue weighted by atomic mass is 9.79. The minimum absolute atomic E-state index is 0.396. The number of nitrogens with one attached hydrogen (secondary N) is 1. The molecule has 0 heterocycles. The Morgan fingerprint density at radius 2 is 2.14 bits per heavy atom. The summed E-state index contributed by atoms with van der Waals surface area (Å²) < 4.78 is 0. The van der Waals surface area contributed by atoms with Crippen molar-refractivity contribution in [2.24, 2.45) is 11.8 Å². The third-order valence-corrected chi connectivity index (χ3v) is 3.65. The molecule has 2 heteroatoms. The second-order valence-corrected chi connectivity index (χ2v) is 5.50. The standard InChI is InChI=1S/C12H23NO/c1-10-3-2-6-12(14,7-10)9-13-8-11-4-5-11/h10-11,13-14H,2-9H2,1H3. The molecule has 0 radical (unpaired) electrons. The predicted molar refractivity (Wildman–Crippen MR) is 58.2 cm³/mol. The van der Waals surface area contributed by atoms with Crippen LogP contribution >= 0.6 is 0 Å². The minimum Gasteiger partial charge on any atom is -0.389 e. The molecule has 0 bridgehead atoms. The molecule has 0 aromatic carbocycles. The molecule has 82 valence electrons. The maximum Gasteiger partial charge on any atom is 0.0774 e. The van der Waals surface area contributed by atoms with E-state index in [9.17, 15) is 5.11 Å². The van der Waals surface area contributed by atoms with Crippen molar-refractivity contribution in [2.75, 3.05) is 13.1 Å². The zero-order valence-corrected chi connectivity index (χ0v) is 9.26. The Kier molecular flexibility index (Phi) is 3.13. The van der Waals surface area contributed by atoms with Crippen LogP contribution in [-0.4, -0.2) is 23.8 Å². The summed E-state index contributed by atoms with van der Waals surface area (Å²) in [5.41, 5.74) is -0.396. The van der Waals surface area contributed by atoms with E-state index in [-0.39, 0.29) is 0 Å². The zero-order valence-electron chi connectivity index (χ0n) is 9.26. The lowest BCUT2D eigenvalue weighted by Crippen LogP contribution is -2.44. The van der Waals surface area contributed by atoms with Gasteiger partial charge >= 0.3 is 0 Å². The summed E-state index contributed by atoms with van der Waals surface area (Å²) in [5, 5.41) is 13.7. The van der Waals surface area contributed by atoms with Crippen LogP contribution in [0.3, 0.4) is 0 Å². The Hall–Kier alpha value is -0.0800. The summed E-state index contributed by atoms with van der Waals surface area (Å²) in [6.07, 6.45) is 7.26. The van der Waals surface area contributed by atoms with Crippen LogP contribution in [0.5, 0.6) is 0 Å². The molecule has 2 nitrogen and oxygen atoms in total. The van der Waals surface area contributed by atoms with E-state index in [0.29, 0.717) is 5.92 Å². The first kappa shape index (κ1) is 10.4. The van der Waals surface area contributed by atoms with Gasteiger partial charge in [-0.2, -0.15) is 0 Å². The fourth-order valence-electron chi connectivity index (χ4n) is 2.62. The van der Waals surface area contributed by atoms with E-state index >= 15 is 0 Å². The average Bonchev–Trinajstić information content (AvgIpc) is 2.87. The van der Waals surface area contributed by atoms with Crippen molar-refractivity contribution in [3.63, 3.8) is 0 Å². The largest absolute Gasteiger partial charge is 0.389 e. The Morgan fingerprint density at radius 3 is 2.79 bits per heavy atom. The average molecular weight is 197 g/mol. The molecule has 0 aliphatic heterocycles. The molecule has 2 N–H and O–H groups in total. The van der Waals surface area contributed by atoms with Crippen molar-refractivity contribution in [1.82, 2.24) is 5.32 Å². The molecule has 0 aromatic heterocycles. The van der Waals surface area contributed by atoms with Crippen molar-refractivity contribution in [3.05, 3.63) is 0 Å². The molecular weight excluding hydrogens is 174 g/mol. The van der Waals surface area contributed by atoms with Gasteiger partial charge < -0.3 is 10.4 Å². The lowest BCUT2D eigenvalue weighted by molar-refractivity contribution is -0.0117. The van der Waals surface area contributed by atoms with E-state index < -0.39 is 5.60 Å². The van der Waals surface area contributed by atoms with E-state index in [1.807, 2.05) is 0 Å². The highest BCUT2D eigenvalue weighted by Gasteiger charge is 2.32. The highest BCUT2D eigenvalue weighted by molar-refractivity contribution is 4.88. The summed E-state index contributed by atoms with van der Waals surface area (Å²) in [6, 6.07) is 0. The predicted octanol–water partition coefficient (Wildman–Crippen LogP) is 1.93. The van der Waals surface area contributed by atoms with Gasteiger partial charge in [0.05, 0.1) is 5.60 Å². The molecule has 2 saturated carbocycles. The van der Waals surface area contributed by atoms with Gasteiger partial charge in [-0.3, -0.25) is 0 Å². The number of aliphatic hydroxyl groups is 1. The first-order valence-corrected chi connectivity index (χ1v) is 6.11. The molecule has 2 unspecified atom stereocenters. The fraction of sp³-hybridized carbons (Fsp3) is 1.00. The third kappa shape index (κ3) is 2.96. The highest BCUT2D eigenvalue weighted by atomic mass is 16.3. The monoisotopic (exact) mass is 197 g/mol. The van der Waals surface area contributed by atoms with E-state index in [4.69, 9.17) is 0 Å². The van der Waals surface area contributed by atoms with Crippen LogP contribution in [0.1, 0.15) is 45.4 Å². The quantitative estimate of drug-likeness (QED) is 0.722. The van der Waals surface area contributed by atoms with E-state index in [1.165, 1.54) is 25.7 Å². The smallest absolute Gasteiger partial charge is 0.0774 e. The van der Waals surface area contributed by atoms with Gasteiger partial charge in [0.15, 0.2) is 0 Å². The lowest BCUT2D eigenvalue weighted by Gasteiger charge is -2.35. The van der Waals surface area contributed by atoms with Crippen molar-refractivity contribution >= 4 is 0 Å². The van der Waals surface area contributed by atoms with Crippen molar-refractivity contribution in [2.45, 2.75) is 51.0 Å². The van der Waals surface area contributed by atoms with Gasteiger partial charge in [0.25, 0.3) is 0 Å². The molecule has 2 atom stereocenters. The number of hydrogen-bond donors (Lipinski definition) is 2. The number of rotatable bonds is 4. The summed E-state index contributed by atoms with van der Waals surface area (Å²) in [5.74, 6) is 1.62. The molecule has 2 aliphatic rings. The summed E-state index contributed by atoms with van der Waals surface area (Å²) >= 11 is 0. The molecule has 2 rings (SSSR count). The molecule has 0 amide bonds. The van der Waals surface area contributed by atoms with Crippen LogP contribution in [0.2, 0.25) is 0 Å². The van der Waals surface area contributed by atoms with E-state index in [0.717, 1.165) is 31.8 Å². The van der Waals surface area contributed by atoms with Gasteiger partial charge in [-0.25, -0.2) is 0 Å².